The first kappa shape index (κ1) is 13.9. The van der Waals surface area contributed by atoms with Crippen molar-refractivity contribution < 1.29 is 0 Å². The summed E-state index contributed by atoms with van der Waals surface area (Å²) in [6, 6.07) is 0. The molecule has 0 aromatic carbocycles. The van der Waals surface area contributed by atoms with Crippen molar-refractivity contribution in [3.63, 3.8) is 0 Å². The number of hydrogen-bond donors (Lipinski definition) is 1. The van der Waals surface area contributed by atoms with Crippen LogP contribution in [0.1, 0.15) is 49.2 Å². The lowest BCUT2D eigenvalue weighted by atomic mass is 9.91. The monoisotopic (exact) mass is 283 g/mol. The average molecular weight is 283 g/mol. The molecule has 0 amide bonds. The first-order valence-electron chi connectivity index (χ1n) is 6.40. The molecule has 1 fully saturated rings. The summed E-state index contributed by atoms with van der Waals surface area (Å²) >= 11 is 6.81. The quantitative estimate of drug-likeness (QED) is 0.866. The van der Waals surface area contributed by atoms with Gasteiger partial charge >= 0.3 is 0 Å². The molecule has 0 radical (unpaired) electrons. The van der Waals surface area contributed by atoms with Crippen LogP contribution in [0.15, 0.2) is 0 Å². The Morgan fingerprint density at radius 1 is 1.39 bits per heavy atom. The maximum Gasteiger partial charge on any atom is 0.116 e. The van der Waals surface area contributed by atoms with Gasteiger partial charge in [0.2, 0.25) is 0 Å². The van der Waals surface area contributed by atoms with E-state index in [1.54, 1.807) is 11.3 Å². The van der Waals surface area contributed by atoms with E-state index in [0.29, 0.717) is 4.99 Å². The SMILES string of the molecule is CC(C)(C)c1nc(CN2CCCC2)sc1C(N)=S. The number of thiocarbonyl (C=S) groups is 1. The van der Waals surface area contributed by atoms with Gasteiger partial charge in [-0.1, -0.05) is 33.0 Å². The summed E-state index contributed by atoms with van der Waals surface area (Å²) in [5, 5.41) is 1.14. The van der Waals surface area contributed by atoms with Crippen molar-refractivity contribution in [3.05, 3.63) is 15.6 Å². The number of likely N-dealkylation sites (tertiary alicyclic amines) is 1. The van der Waals surface area contributed by atoms with Gasteiger partial charge in [-0.3, -0.25) is 4.90 Å². The van der Waals surface area contributed by atoms with Crippen molar-refractivity contribution in [1.29, 1.82) is 0 Å². The van der Waals surface area contributed by atoms with E-state index in [0.717, 1.165) is 22.1 Å². The maximum atomic E-state index is 5.82. The molecule has 5 heteroatoms. The van der Waals surface area contributed by atoms with Crippen LogP contribution >= 0.6 is 23.6 Å². The highest BCUT2D eigenvalue weighted by atomic mass is 32.1. The second-order valence-corrected chi connectivity index (χ2v) is 7.41. The molecule has 1 saturated heterocycles. The predicted octanol–water partition coefficient (Wildman–Crippen LogP) is 2.67. The molecule has 1 aromatic heterocycles. The van der Waals surface area contributed by atoms with E-state index in [1.165, 1.54) is 25.9 Å². The number of nitrogens with two attached hydrogens (primary N) is 1. The summed E-state index contributed by atoms with van der Waals surface area (Å²) in [7, 11) is 0. The molecule has 0 unspecified atom stereocenters. The normalized spacial score (nSPS) is 17.3. The summed E-state index contributed by atoms with van der Waals surface area (Å²) in [6.07, 6.45) is 2.61. The Labute approximate surface area is 118 Å². The van der Waals surface area contributed by atoms with Crippen molar-refractivity contribution in [2.75, 3.05) is 13.1 Å². The number of aromatic nitrogens is 1. The summed E-state index contributed by atoms with van der Waals surface area (Å²) in [5.74, 6) is 0. The highest BCUT2D eigenvalue weighted by molar-refractivity contribution is 7.81. The highest BCUT2D eigenvalue weighted by Crippen LogP contribution is 2.30. The molecule has 2 N–H and O–H groups in total. The molecule has 1 aliphatic heterocycles. The molecule has 2 rings (SSSR count). The fraction of sp³-hybridized carbons (Fsp3) is 0.692. The second kappa shape index (κ2) is 5.23. The molecule has 0 aliphatic carbocycles. The van der Waals surface area contributed by atoms with Crippen LogP contribution in [0.2, 0.25) is 0 Å². The third-order valence-electron chi connectivity index (χ3n) is 3.16. The molecule has 2 heterocycles. The predicted molar refractivity (Wildman–Crippen MR) is 81.2 cm³/mol. The van der Waals surface area contributed by atoms with Crippen molar-refractivity contribution in [1.82, 2.24) is 9.88 Å². The van der Waals surface area contributed by atoms with Gasteiger partial charge in [0.15, 0.2) is 0 Å². The smallest absolute Gasteiger partial charge is 0.116 e. The molecule has 3 nitrogen and oxygen atoms in total. The van der Waals surface area contributed by atoms with Crippen LogP contribution in [0.5, 0.6) is 0 Å². The molecule has 1 aliphatic rings. The Kier molecular flexibility index (Phi) is 4.04. The minimum Gasteiger partial charge on any atom is -0.389 e. The van der Waals surface area contributed by atoms with Gasteiger partial charge in [-0.2, -0.15) is 0 Å². The molecular formula is C13H21N3S2. The average Bonchev–Trinajstić information content (AvgIpc) is 2.85. The Bertz CT molecular complexity index is 440. The Balaban J connectivity index is 2.24. The molecule has 0 saturated carbocycles. The molecule has 0 atom stereocenters. The Morgan fingerprint density at radius 3 is 2.44 bits per heavy atom. The summed E-state index contributed by atoms with van der Waals surface area (Å²) in [4.78, 5) is 8.70. The topological polar surface area (TPSA) is 42.2 Å². The van der Waals surface area contributed by atoms with Crippen LogP contribution in [-0.4, -0.2) is 28.0 Å². The second-order valence-electron chi connectivity index (χ2n) is 5.88. The zero-order valence-corrected chi connectivity index (χ0v) is 13.0. The van der Waals surface area contributed by atoms with Gasteiger partial charge in [0.05, 0.1) is 17.1 Å². The standard InChI is InChI=1S/C13H21N3S2/c1-13(2,3)11-10(12(14)17)18-9(15-11)8-16-6-4-5-7-16/h4-8H2,1-3H3,(H2,14,17). The van der Waals surface area contributed by atoms with Crippen molar-refractivity contribution in [3.8, 4) is 0 Å². The fourth-order valence-electron chi connectivity index (χ4n) is 2.24. The van der Waals surface area contributed by atoms with E-state index in [4.69, 9.17) is 22.9 Å². The fourth-order valence-corrected chi connectivity index (χ4v) is 3.63. The van der Waals surface area contributed by atoms with Gasteiger partial charge in [0.25, 0.3) is 0 Å². The molecule has 18 heavy (non-hydrogen) atoms. The minimum absolute atomic E-state index is 0.00147. The van der Waals surface area contributed by atoms with Crippen LogP contribution in [-0.2, 0) is 12.0 Å². The van der Waals surface area contributed by atoms with Crippen LogP contribution in [0, 0.1) is 0 Å². The zero-order valence-electron chi connectivity index (χ0n) is 11.3. The lowest BCUT2D eigenvalue weighted by Gasteiger charge is -2.17. The van der Waals surface area contributed by atoms with Crippen molar-refractivity contribution >= 4 is 28.5 Å². The number of rotatable bonds is 3. The van der Waals surface area contributed by atoms with Gasteiger partial charge in [-0.05, 0) is 25.9 Å². The lowest BCUT2D eigenvalue weighted by molar-refractivity contribution is 0.330. The summed E-state index contributed by atoms with van der Waals surface area (Å²) in [6.45, 7) is 9.78. The minimum atomic E-state index is -0.00147. The van der Waals surface area contributed by atoms with Gasteiger partial charge in [-0.25, -0.2) is 4.98 Å². The van der Waals surface area contributed by atoms with Gasteiger partial charge in [0, 0.05) is 5.41 Å². The third-order valence-corrected chi connectivity index (χ3v) is 4.57. The van der Waals surface area contributed by atoms with E-state index in [1.807, 2.05) is 0 Å². The van der Waals surface area contributed by atoms with Crippen LogP contribution < -0.4 is 5.73 Å². The largest absolute Gasteiger partial charge is 0.389 e. The molecular weight excluding hydrogens is 262 g/mol. The van der Waals surface area contributed by atoms with E-state index in [9.17, 15) is 0 Å². The number of thiazole rings is 1. The summed E-state index contributed by atoms with van der Waals surface area (Å²) < 4.78 is 0. The molecule has 0 spiro atoms. The number of hydrogen-bond acceptors (Lipinski definition) is 4. The molecule has 0 bridgehead atoms. The highest BCUT2D eigenvalue weighted by Gasteiger charge is 2.25. The molecule has 1 aromatic rings. The van der Waals surface area contributed by atoms with Crippen LogP contribution in [0.25, 0.3) is 0 Å². The van der Waals surface area contributed by atoms with E-state index in [2.05, 4.69) is 25.7 Å². The first-order valence-corrected chi connectivity index (χ1v) is 7.63. The van der Waals surface area contributed by atoms with Gasteiger partial charge in [-0.15, -0.1) is 11.3 Å². The zero-order chi connectivity index (χ0) is 13.3. The van der Waals surface area contributed by atoms with Crippen LogP contribution in [0.3, 0.4) is 0 Å². The Hall–Kier alpha value is -0.520. The first-order chi connectivity index (χ1) is 8.38. The molecule has 100 valence electrons. The van der Waals surface area contributed by atoms with Gasteiger partial charge < -0.3 is 5.73 Å². The van der Waals surface area contributed by atoms with E-state index >= 15 is 0 Å². The summed E-state index contributed by atoms with van der Waals surface area (Å²) in [5.41, 5.74) is 6.87. The lowest BCUT2D eigenvalue weighted by Crippen LogP contribution is -2.20. The Morgan fingerprint density at radius 2 is 2.00 bits per heavy atom. The van der Waals surface area contributed by atoms with Crippen LogP contribution in [0.4, 0.5) is 0 Å². The van der Waals surface area contributed by atoms with Crippen molar-refractivity contribution in [2.24, 2.45) is 5.73 Å². The third kappa shape index (κ3) is 3.08. The van der Waals surface area contributed by atoms with Gasteiger partial charge in [0.1, 0.15) is 10.00 Å². The van der Waals surface area contributed by atoms with E-state index in [-0.39, 0.29) is 5.41 Å². The number of nitrogens with zero attached hydrogens (tertiary/aromatic N) is 2. The van der Waals surface area contributed by atoms with E-state index < -0.39 is 0 Å². The maximum absolute atomic E-state index is 5.82. The van der Waals surface area contributed by atoms with Crippen molar-refractivity contribution in [2.45, 2.75) is 45.6 Å².